The van der Waals surface area contributed by atoms with Crippen molar-refractivity contribution in [3.8, 4) is 0 Å². The minimum atomic E-state index is 0.645. The summed E-state index contributed by atoms with van der Waals surface area (Å²) < 4.78 is 5.24. The summed E-state index contributed by atoms with van der Waals surface area (Å²) in [7, 11) is 0. The molecule has 78 valence electrons. The van der Waals surface area contributed by atoms with Gasteiger partial charge in [-0.05, 0) is 6.42 Å². The normalized spacial score (nSPS) is 22.4. The SMILES string of the molecule is CCCCCCCCC1COCN1. The van der Waals surface area contributed by atoms with Crippen LogP contribution in [0.1, 0.15) is 51.9 Å². The van der Waals surface area contributed by atoms with E-state index < -0.39 is 0 Å². The van der Waals surface area contributed by atoms with E-state index in [2.05, 4.69) is 12.2 Å². The summed E-state index contributed by atoms with van der Waals surface area (Å²) in [4.78, 5) is 0. The van der Waals surface area contributed by atoms with Crippen LogP contribution in [0.2, 0.25) is 0 Å². The Hall–Kier alpha value is -0.0800. The van der Waals surface area contributed by atoms with Crippen LogP contribution in [0.3, 0.4) is 0 Å². The summed E-state index contributed by atoms with van der Waals surface area (Å²) in [5.74, 6) is 0. The standard InChI is InChI=1S/C11H23NO/c1-2-3-4-5-6-7-8-11-9-13-10-12-11/h11-12H,2-10H2,1H3. The smallest absolute Gasteiger partial charge is 0.0968 e. The summed E-state index contributed by atoms with van der Waals surface area (Å²) in [5.41, 5.74) is 0. The zero-order valence-corrected chi connectivity index (χ0v) is 8.85. The van der Waals surface area contributed by atoms with Crippen molar-refractivity contribution in [3.63, 3.8) is 0 Å². The molecule has 0 saturated carbocycles. The van der Waals surface area contributed by atoms with Gasteiger partial charge in [0.1, 0.15) is 0 Å². The highest BCUT2D eigenvalue weighted by atomic mass is 16.5. The first kappa shape index (κ1) is 11.0. The van der Waals surface area contributed by atoms with Gasteiger partial charge in [0.2, 0.25) is 0 Å². The number of hydrogen-bond acceptors (Lipinski definition) is 2. The molecule has 0 radical (unpaired) electrons. The van der Waals surface area contributed by atoms with E-state index in [0.717, 1.165) is 13.3 Å². The van der Waals surface area contributed by atoms with E-state index >= 15 is 0 Å². The molecule has 1 aliphatic rings. The van der Waals surface area contributed by atoms with Crippen molar-refractivity contribution in [2.45, 2.75) is 57.9 Å². The Morgan fingerprint density at radius 2 is 1.92 bits per heavy atom. The lowest BCUT2D eigenvalue weighted by Crippen LogP contribution is -2.23. The van der Waals surface area contributed by atoms with Crippen LogP contribution in [0.25, 0.3) is 0 Å². The van der Waals surface area contributed by atoms with E-state index in [0.29, 0.717) is 6.04 Å². The number of ether oxygens (including phenoxy) is 1. The van der Waals surface area contributed by atoms with Crippen molar-refractivity contribution in [3.05, 3.63) is 0 Å². The molecule has 0 bridgehead atoms. The van der Waals surface area contributed by atoms with Crippen LogP contribution in [0.4, 0.5) is 0 Å². The third-order valence-corrected chi connectivity index (χ3v) is 2.70. The second-order valence-corrected chi connectivity index (χ2v) is 3.97. The Labute approximate surface area is 82.0 Å². The molecule has 1 N–H and O–H groups in total. The fourth-order valence-electron chi connectivity index (χ4n) is 1.79. The highest BCUT2D eigenvalue weighted by molar-refractivity contribution is 4.68. The lowest BCUT2D eigenvalue weighted by molar-refractivity contribution is 0.188. The van der Waals surface area contributed by atoms with Gasteiger partial charge >= 0.3 is 0 Å². The van der Waals surface area contributed by atoms with Crippen molar-refractivity contribution in [2.75, 3.05) is 13.3 Å². The van der Waals surface area contributed by atoms with Crippen LogP contribution in [-0.2, 0) is 4.74 Å². The molecular weight excluding hydrogens is 162 g/mol. The summed E-state index contributed by atoms with van der Waals surface area (Å²) in [6.07, 6.45) is 9.66. The molecule has 1 aliphatic heterocycles. The fraction of sp³-hybridized carbons (Fsp3) is 1.00. The van der Waals surface area contributed by atoms with Crippen LogP contribution in [-0.4, -0.2) is 19.4 Å². The average molecular weight is 185 g/mol. The van der Waals surface area contributed by atoms with Crippen molar-refractivity contribution >= 4 is 0 Å². The molecule has 0 aromatic carbocycles. The molecule has 1 rings (SSSR count). The fourth-order valence-corrected chi connectivity index (χ4v) is 1.79. The third-order valence-electron chi connectivity index (χ3n) is 2.70. The second-order valence-electron chi connectivity index (χ2n) is 3.97. The molecule has 1 heterocycles. The number of nitrogens with one attached hydrogen (secondary N) is 1. The van der Waals surface area contributed by atoms with Gasteiger partial charge in [-0.15, -0.1) is 0 Å². The van der Waals surface area contributed by atoms with Crippen LogP contribution >= 0.6 is 0 Å². The largest absolute Gasteiger partial charge is 0.365 e. The van der Waals surface area contributed by atoms with Crippen LogP contribution < -0.4 is 5.32 Å². The van der Waals surface area contributed by atoms with Crippen LogP contribution in [0.15, 0.2) is 0 Å². The van der Waals surface area contributed by atoms with Crippen molar-refractivity contribution in [2.24, 2.45) is 0 Å². The summed E-state index contributed by atoms with van der Waals surface area (Å²) in [6, 6.07) is 0.645. The van der Waals surface area contributed by atoms with Gasteiger partial charge in [0.05, 0.1) is 13.3 Å². The zero-order chi connectivity index (χ0) is 9.36. The second kappa shape index (κ2) is 7.34. The molecule has 0 aliphatic carbocycles. The van der Waals surface area contributed by atoms with Gasteiger partial charge in [0, 0.05) is 6.04 Å². The topological polar surface area (TPSA) is 21.3 Å². The summed E-state index contributed by atoms with van der Waals surface area (Å²) in [5, 5.41) is 3.34. The van der Waals surface area contributed by atoms with Crippen molar-refractivity contribution in [1.29, 1.82) is 0 Å². The molecule has 0 spiro atoms. The Morgan fingerprint density at radius 1 is 1.15 bits per heavy atom. The van der Waals surface area contributed by atoms with Gasteiger partial charge in [-0.2, -0.15) is 0 Å². The molecule has 0 aromatic rings. The maximum atomic E-state index is 5.24. The third kappa shape index (κ3) is 5.27. The van der Waals surface area contributed by atoms with Crippen molar-refractivity contribution in [1.82, 2.24) is 5.32 Å². The Kier molecular flexibility index (Phi) is 6.21. The Morgan fingerprint density at radius 3 is 2.62 bits per heavy atom. The molecule has 0 amide bonds. The number of rotatable bonds is 7. The van der Waals surface area contributed by atoms with Crippen LogP contribution in [0.5, 0.6) is 0 Å². The zero-order valence-electron chi connectivity index (χ0n) is 8.85. The van der Waals surface area contributed by atoms with Gasteiger partial charge < -0.3 is 4.74 Å². The predicted molar refractivity (Wildman–Crippen MR) is 55.7 cm³/mol. The molecule has 1 fully saturated rings. The first-order chi connectivity index (χ1) is 6.43. The minimum absolute atomic E-state index is 0.645. The average Bonchev–Trinajstić information content (AvgIpc) is 2.63. The predicted octanol–water partition coefficient (Wildman–Crippen LogP) is 2.68. The highest BCUT2D eigenvalue weighted by Gasteiger charge is 2.12. The quantitative estimate of drug-likeness (QED) is 0.616. The molecular formula is C11H23NO. The maximum absolute atomic E-state index is 5.24. The molecule has 13 heavy (non-hydrogen) atoms. The van der Waals surface area contributed by atoms with Crippen LogP contribution in [0, 0.1) is 0 Å². The van der Waals surface area contributed by atoms with E-state index in [1.54, 1.807) is 0 Å². The molecule has 1 unspecified atom stereocenters. The molecule has 0 aromatic heterocycles. The number of unbranched alkanes of at least 4 members (excludes halogenated alkanes) is 5. The maximum Gasteiger partial charge on any atom is 0.0968 e. The van der Waals surface area contributed by atoms with Gasteiger partial charge in [-0.3, -0.25) is 5.32 Å². The van der Waals surface area contributed by atoms with E-state index in [9.17, 15) is 0 Å². The molecule has 1 saturated heterocycles. The van der Waals surface area contributed by atoms with E-state index in [4.69, 9.17) is 4.74 Å². The molecule has 2 nitrogen and oxygen atoms in total. The van der Waals surface area contributed by atoms with Gasteiger partial charge in [-0.1, -0.05) is 45.4 Å². The minimum Gasteiger partial charge on any atom is -0.365 e. The van der Waals surface area contributed by atoms with Crippen molar-refractivity contribution < 1.29 is 4.74 Å². The van der Waals surface area contributed by atoms with Gasteiger partial charge in [-0.25, -0.2) is 0 Å². The monoisotopic (exact) mass is 185 g/mol. The first-order valence-electron chi connectivity index (χ1n) is 5.74. The lowest BCUT2D eigenvalue weighted by atomic mass is 10.1. The van der Waals surface area contributed by atoms with E-state index in [-0.39, 0.29) is 0 Å². The molecule has 1 atom stereocenters. The van der Waals surface area contributed by atoms with E-state index in [1.807, 2.05) is 0 Å². The Balaban J connectivity index is 1.78. The highest BCUT2D eigenvalue weighted by Crippen LogP contribution is 2.10. The summed E-state index contributed by atoms with van der Waals surface area (Å²) in [6.45, 7) is 3.95. The molecule has 2 heteroatoms. The Bertz CT molecular complexity index is 111. The van der Waals surface area contributed by atoms with Gasteiger partial charge in [0.25, 0.3) is 0 Å². The lowest BCUT2D eigenvalue weighted by Gasteiger charge is -2.07. The summed E-state index contributed by atoms with van der Waals surface area (Å²) >= 11 is 0. The van der Waals surface area contributed by atoms with Gasteiger partial charge in [0.15, 0.2) is 0 Å². The number of hydrogen-bond donors (Lipinski definition) is 1. The van der Waals surface area contributed by atoms with E-state index in [1.165, 1.54) is 44.9 Å². The first-order valence-corrected chi connectivity index (χ1v) is 5.74.